The van der Waals surface area contributed by atoms with Crippen LogP contribution in [0.3, 0.4) is 0 Å². The molecule has 6 heteroatoms. The quantitative estimate of drug-likeness (QED) is 0.488. The molecule has 0 aromatic carbocycles. The lowest BCUT2D eigenvalue weighted by atomic mass is 10.1. The Kier molecular flexibility index (Phi) is 7.99. The summed E-state index contributed by atoms with van der Waals surface area (Å²) in [5.41, 5.74) is 0. The molecule has 0 aromatic rings. The second-order valence-electron chi connectivity index (χ2n) is 4.12. The van der Waals surface area contributed by atoms with Gasteiger partial charge in [-0.15, -0.1) is 0 Å². The summed E-state index contributed by atoms with van der Waals surface area (Å²) in [6.45, 7) is 3.38. The number of rotatable bonds is 8. The number of carboxylic acids is 1. The first-order chi connectivity index (χ1) is 7.88. The zero-order valence-corrected chi connectivity index (χ0v) is 11.1. The van der Waals surface area contributed by atoms with Gasteiger partial charge >= 0.3 is 5.97 Å². The van der Waals surface area contributed by atoms with Crippen molar-refractivity contribution < 1.29 is 19.8 Å². The first-order valence-electron chi connectivity index (χ1n) is 5.76. The average Bonchev–Trinajstić information content (AvgIpc) is 2.22. The van der Waals surface area contributed by atoms with E-state index in [1.54, 1.807) is 0 Å². The fraction of sp³-hybridized carbons (Fsp3) is 0.818. The third kappa shape index (κ3) is 7.23. The van der Waals surface area contributed by atoms with Gasteiger partial charge in [-0.25, -0.2) is 4.79 Å². The van der Waals surface area contributed by atoms with Crippen LogP contribution in [0.25, 0.3) is 0 Å². The number of carbonyl (C=O) groups is 2. The zero-order chi connectivity index (χ0) is 13.4. The maximum atomic E-state index is 11.5. The topological polar surface area (TPSA) is 86.6 Å². The molecule has 0 fully saturated rings. The normalized spacial score (nSPS) is 16.0. The van der Waals surface area contributed by atoms with Crippen LogP contribution in [0.2, 0.25) is 0 Å². The van der Waals surface area contributed by atoms with Crippen LogP contribution in [0.15, 0.2) is 0 Å². The largest absolute Gasteiger partial charge is 0.480 e. The molecule has 3 atom stereocenters. The minimum atomic E-state index is -1.26. The highest BCUT2D eigenvalue weighted by atomic mass is 32.1. The summed E-state index contributed by atoms with van der Waals surface area (Å²) in [6, 6.07) is -1.26. The van der Waals surface area contributed by atoms with Gasteiger partial charge in [0.1, 0.15) is 0 Å². The van der Waals surface area contributed by atoms with Gasteiger partial charge in [-0.2, -0.15) is 12.6 Å². The van der Waals surface area contributed by atoms with Crippen LogP contribution in [0.4, 0.5) is 0 Å². The fourth-order valence-electron chi connectivity index (χ4n) is 1.38. The molecule has 0 aliphatic carbocycles. The number of aliphatic hydroxyl groups excluding tert-OH is 1. The van der Waals surface area contributed by atoms with Crippen molar-refractivity contribution in [1.29, 1.82) is 0 Å². The zero-order valence-electron chi connectivity index (χ0n) is 10.2. The number of unbranched alkanes of at least 4 members (excludes halogenated alkanes) is 1. The summed E-state index contributed by atoms with van der Waals surface area (Å²) in [6.07, 6.45) is 1.88. The van der Waals surface area contributed by atoms with E-state index in [0.717, 1.165) is 19.3 Å². The molecular formula is C11H21NO4S. The monoisotopic (exact) mass is 263 g/mol. The summed E-state index contributed by atoms with van der Waals surface area (Å²) < 4.78 is 0. The number of carbonyl (C=O) groups excluding carboxylic acids is 1. The van der Waals surface area contributed by atoms with E-state index in [1.807, 2.05) is 0 Å². The Labute approximate surface area is 107 Å². The smallest absolute Gasteiger partial charge is 0.328 e. The van der Waals surface area contributed by atoms with E-state index in [0.29, 0.717) is 0 Å². The second-order valence-corrected chi connectivity index (χ2v) is 4.85. The van der Waals surface area contributed by atoms with Crippen LogP contribution in [0, 0.1) is 0 Å². The maximum Gasteiger partial charge on any atom is 0.328 e. The van der Waals surface area contributed by atoms with Gasteiger partial charge in [0, 0.05) is 11.7 Å². The Morgan fingerprint density at radius 3 is 2.41 bits per heavy atom. The Hall–Kier alpha value is -0.750. The summed E-state index contributed by atoms with van der Waals surface area (Å²) in [5.74, 6) is -1.63. The van der Waals surface area contributed by atoms with Gasteiger partial charge in [-0.05, 0) is 13.3 Å². The van der Waals surface area contributed by atoms with Crippen molar-refractivity contribution in [3.63, 3.8) is 0 Å². The first kappa shape index (κ1) is 16.2. The van der Waals surface area contributed by atoms with E-state index in [1.165, 1.54) is 6.92 Å². The summed E-state index contributed by atoms with van der Waals surface area (Å²) in [7, 11) is 0. The molecule has 3 N–H and O–H groups in total. The molecule has 1 unspecified atom stereocenters. The highest BCUT2D eigenvalue weighted by molar-refractivity contribution is 7.81. The molecule has 1 amide bonds. The summed E-state index contributed by atoms with van der Waals surface area (Å²) >= 11 is 4.26. The van der Waals surface area contributed by atoms with Crippen LogP contribution in [-0.4, -0.2) is 39.5 Å². The molecule has 0 spiro atoms. The minimum absolute atomic E-state index is 0.0709. The average molecular weight is 263 g/mol. The van der Waals surface area contributed by atoms with Gasteiger partial charge in [-0.1, -0.05) is 19.8 Å². The molecule has 0 saturated heterocycles. The minimum Gasteiger partial charge on any atom is -0.480 e. The van der Waals surface area contributed by atoms with Crippen molar-refractivity contribution >= 4 is 24.5 Å². The molecule has 0 aromatic heterocycles. The van der Waals surface area contributed by atoms with Crippen molar-refractivity contribution in [2.24, 2.45) is 0 Å². The van der Waals surface area contributed by atoms with Crippen LogP contribution >= 0.6 is 12.6 Å². The van der Waals surface area contributed by atoms with Crippen molar-refractivity contribution in [2.45, 2.75) is 56.9 Å². The second kappa shape index (κ2) is 8.36. The number of thiol groups is 1. The van der Waals surface area contributed by atoms with Crippen LogP contribution in [0.5, 0.6) is 0 Å². The summed E-state index contributed by atoms with van der Waals surface area (Å²) in [5, 5.41) is 20.2. The van der Waals surface area contributed by atoms with Crippen molar-refractivity contribution in [3.8, 4) is 0 Å². The molecule has 0 bridgehead atoms. The van der Waals surface area contributed by atoms with E-state index >= 15 is 0 Å². The van der Waals surface area contributed by atoms with E-state index in [2.05, 4.69) is 24.9 Å². The first-order valence-corrected chi connectivity index (χ1v) is 6.28. The van der Waals surface area contributed by atoms with Gasteiger partial charge in [0.2, 0.25) is 5.91 Å². The molecule has 0 rings (SSSR count). The van der Waals surface area contributed by atoms with E-state index < -0.39 is 24.0 Å². The van der Waals surface area contributed by atoms with Crippen LogP contribution < -0.4 is 5.32 Å². The fourth-order valence-corrected chi connectivity index (χ4v) is 1.73. The lowest BCUT2D eigenvalue weighted by Gasteiger charge is -2.18. The number of amides is 1. The van der Waals surface area contributed by atoms with Gasteiger partial charge < -0.3 is 15.5 Å². The van der Waals surface area contributed by atoms with E-state index in [4.69, 9.17) is 5.11 Å². The lowest BCUT2D eigenvalue weighted by molar-refractivity contribution is -0.144. The predicted octanol–water partition coefficient (Wildman–Crippen LogP) is 0.815. The van der Waals surface area contributed by atoms with Crippen LogP contribution in [0.1, 0.15) is 39.5 Å². The third-order valence-electron chi connectivity index (χ3n) is 2.38. The summed E-state index contributed by atoms with van der Waals surface area (Å²) in [4.78, 5) is 22.2. The third-order valence-corrected chi connectivity index (χ3v) is 2.82. The highest BCUT2D eigenvalue weighted by Gasteiger charge is 2.25. The molecular weight excluding hydrogens is 242 g/mol. The molecule has 0 radical (unpaired) electrons. The Morgan fingerprint density at radius 1 is 1.41 bits per heavy atom. The van der Waals surface area contributed by atoms with Gasteiger partial charge in [0.25, 0.3) is 0 Å². The predicted molar refractivity (Wildman–Crippen MR) is 68.2 cm³/mol. The molecule has 0 heterocycles. The maximum absolute atomic E-state index is 11.5. The number of nitrogens with one attached hydrogen (secondary N) is 1. The molecule has 0 saturated carbocycles. The Morgan fingerprint density at radius 2 is 2.00 bits per heavy atom. The molecule has 0 aliphatic rings. The standard InChI is InChI=1S/C11H21NO4S/c1-3-4-5-8(17)6-9(14)12-10(7(2)13)11(15)16/h7-8,10,13,17H,3-6H2,1-2H3,(H,12,14)(H,15,16)/t7-,8?,10+/m1/s1. The molecule has 5 nitrogen and oxygen atoms in total. The number of hydrogen-bond donors (Lipinski definition) is 4. The number of carboxylic acid groups (broad SMARTS) is 1. The molecule has 0 aliphatic heterocycles. The van der Waals surface area contributed by atoms with Gasteiger partial charge in [0.05, 0.1) is 6.10 Å². The van der Waals surface area contributed by atoms with E-state index in [9.17, 15) is 14.7 Å². The van der Waals surface area contributed by atoms with Crippen molar-refractivity contribution in [1.82, 2.24) is 5.32 Å². The van der Waals surface area contributed by atoms with Gasteiger partial charge in [0.15, 0.2) is 6.04 Å². The Balaban J connectivity index is 4.10. The molecule has 17 heavy (non-hydrogen) atoms. The van der Waals surface area contributed by atoms with E-state index in [-0.39, 0.29) is 11.7 Å². The van der Waals surface area contributed by atoms with Gasteiger partial charge in [-0.3, -0.25) is 4.79 Å². The lowest BCUT2D eigenvalue weighted by Crippen LogP contribution is -2.48. The number of hydrogen-bond acceptors (Lipinski definition) is 4. The highest BCUT2D eigenvalue weighted by Crippen LogP contribution is 2.11. The van der Waals surface area contributed by atoms with Crippen molar-refractivity contribution in [3.05, 3.63) is 0 Å². The van der Waals surface area contributed by atoms with Crippen LogP contribution in [-0.2, 0) is 9.59 Å². The SMILES string of the molecule is CCCCC(S)CC(=O)N[C@H](C(=O)O)[C@@H](C)O. The van der Waals surface area contributed by atoms with Crippen molar-refractivity contribution in [2.75, 3.05) is 0 Å². The number of aliphatic hydroxyl groups is 1. The molecule has 100 valence electrons. The Bertz CT molecular complexity index is 258. The number of aliphatic carboxylic acids is 1.